The first-order valence-corrected chi connectivity index (χ1v) is 12.3. The number of amides is 1. The molecule has 33 heavy (non-hydrogen) atoms. The fourth-order valence-electron chi connectivity index (χ4n) is 4.00. The number of anilines is 2. The lowest BCUT2D eigenvalue weighted by Gasteiger charge is -2.14. The summed E-state index contributed by atoms with van der Waals surface area (Å²) in [5.41, 5.74) is 3.53. The molecule has 0 saturated heterocycles. The highest BCUT2D eigenvalue weighted by Gasteiger charge is 2.27. The number of aromatic nitrogens is 2. The van der Waals surface area contributed by atoms with E-state index in [1.807, 2.05) is 0 Å². The van der Waals surface area contributed by atoms with Crippen LogP contribution in [0.5, 0.6) is 0 Å². The largest absolute Gasteiger partial charge is 0.320 e. The van der Waals surface area contributed by atoms with E-state index in [-0.39, 0.29) is 11.4 Å². The van der Waals surface area contributed by atoms with Crippen LogP contribution in [0.25, 0.3) is 5.69 Å². The Balaban J connectivity index is 1.64. The monoisotopic (exact) mass is 474 g/mol. The molecular weight excluding hydrogens is 450 g/mol. The number of fused-ring (bicyclic) bond motifs is 1. The molecule has 2 aromatic carbocycles. The predicted octanol–water partition coefficient (Wildman–Crippen LogP) is 4.35. The molecule has 2 N–H and O–H groups in total. The molecule has 0 saturated carbocycles. The highest BCUT2D eigenvalue weighted by atomic mass is 32.2. The van der Waals surface area contributed by atoms with Crippen LogP contribution in [0.2, 0.25) is 0 Å². The smallest absolute Gasteiger partial charge is 0.276 e. The zero-order valence-electron chi connectivity index (χ0n) is 18.3. The molecule has 1 aromatic heterocycles. The van der Waals surface area contributed by atoms with E-state index in [0.717, 1.165) is 29.8 Å². The van der Waals surface area contributed by atoms with Crippen LogP contribution in [0.4, 0.5) is 20.2 Å². The number of carbonyl (C=O) groups excluding carboxylic acids is 1. The maximum absolute atomic E-state index is 13.8. The van der Waals surface area contributed by atoms with Crippen LogP contribution in [-0.4, -0.2) is 29.9 Å². The number of rotatable bonds is 7. The Morgan fingerprint density at radius 2 is 1.88 bits per heavy atom. The van der Waals surface area contributed by atoms with Crippen LogP contribution in [0, 0.1) is 18.6 Å². The highest BCUT2D eigenvalue weighted by molar-refractivity contribution is 7.92. The number of halogens is 2. The summed E-state index contributed by atoms with van der Waals surface area (Å²) < 4.78 is 55.5. The lowest BCUT2D eigenvalue weighted by atomic mass is 10.1. The molecule has 4 rings (SSSR count). The molecular formula is C23H24F2N4O3S. The number of benzene rings is 2. The van der Waals surface area contributed by atoms with Gasteiger partial charge in [-0.2, -0.15) is 5.10 Å². The van der Waals surface area contributed by atoms with E-state index in [1.54, 1.807) is 32.0 Å². The molecule has 174 valence electrons. The number of hydrogen-bond acceptors (Lipinski definition) is 4. The molecule has 0 radical (unpaired) electrons. The summed E-state index contributed by atoms with van der Waals surface area (Å²) >= 11 is 0. The van der Waals surface area contributed by atoms with Crippen molar-refractivity contribution in [3.63, 3.8) is 0 Å². The third kappa shape index (κ3) is 4.61. The van der Waals surface area contributed by atoms with Gasteiger partial charge in [0.15, 0.2) is 17.3 Å². The van der Waals surface area contributed by atoms with Crippen LogP contribution in [-0.2, 0) is 22.9 Å². The molecule has 10 heteroatoms. The maximum Gasteiger partial charge on any atom is 0.276 e. The number of carbonyl (C=O) groups is 1. The fourth-order valence-corrected chi connectivity index (χ4v) is 5.20. The summed E-state index contributed by atoms with van der Waals surface area (Å²) in [4.78, 5) is 13.1. The number of sulfonamides is 1. The minimum absolute atomic E-state index is 0.00339. The van der Waals surface area contributed by atoms with Crippen molar-refractivity contribution < 1.29 is 22.0 Å². The summed E-state index contributed by atoms with van der Waals surface area (Å²) in [7, 11) is -3.48. The fraction of sp³-hybridized carbons (Fsp3) is 0.304. The minimum Gasteiger partial charge on any atom is -0.320 e. The molecule has 3 aromatic rings. The second-order valence-corrected chi connectivity index (χ2v) is 9.83. The second kappa shape index (κ2) is 8.93. The van der Waals surface area contributed by atoms with E-state index in [4.69, 9.17) is 0 Å². The van der Waals surface area contributed by atoms with E-state index < -0.39 is 27.6 Å². The summed E-state index contributed by atoms with van der Waals surface area (Å²) in [5.74, 6) is -2.40. The lowest BCUT2D eigenvalue weighted by molar-refractivity contribution is 0.102. The third-order valence-electron chi connectivity index (χ3n) is 5.61. The van der Waals surface area contributed by atoms with Gasteiger partial charge in [-0.3, -0.25) is 9.52 Å². The zero-order valence-corrected chi connectivity index (χ0v) is 19.1. The summed E-state index contributed by atoms with van der Waals surface area (Å²) in [6.07, 6.45) is 2.63. The summed E-state index contributed by atoms with van der Waals surface area (Å²) in [5, 5.41) is 7.22. The second-order valence-electron chi connectivity index (χ2n) is 7.99. The van der Waals surface area contributed by atoms with E-state index in [0.29, 0.717) is 41.9 Å². The number of nitrogens with one attached hydrogen (secondary N) is 2. The first kappa shape index (κ1) is 22.9. The van der Waals surface area contributed by atoms with Crippen LogP contribution >= 0.6 is 0 Å². The molecule has 0 fully saturated rings. The molecule has 7 nitrogen and oxygen atoms in total. The Morgan fingerprint density at radius 1 is 1.12 bits per heavy atom. The third-order valence-corrected chi connectivity index (χ3v) is 7.09. The Labute approximate surface area is 190 Å². The van der Waals surface area contributed by atoms with Gasteiger partial charge in [-0.15, -0.1) is 0 Å². The first-order valence-electron chi connectivity index (χ1n) is 10.7. The van der Waals surface area contributed by atoms with Crippen LogP contribution in [0.15, 0.2) is 36.4 Å². The van der Waals surface area contributed by atoms with E-state index in [2.05, 4.69) is 15.1 Å². The van der Waals surface area contributed by atoms with E-state index >= 15 is 0 Å². The molecule has 0 atom stereocenters. The van der Waals surface area contributed by atoms with Crippen molar-refractivity contribution in [2.24, 2.45) is 0 Å². The lowest BCUT2D eigenvalue weighted by Crippen LogP contribution is -2.18. The van der Waals surface area contributed by atoms with Crippen LogP contribution in [0.3, 0.4) is 0 Å². The Bertz CT molecular complexity index is 1340. The van der Waals surface area contributed by atoms with E-state index in [1.165, 1.54) is 10.7 Å². The van der Waals surface area contributed by atoms with Crippen molar-refractivity contribution in [1.82, 2.24) is 9.78 Å². The SMILES string of the molecule is CCCS(=O)(=O)Nc1cccc(NC(=O)c2nn(-c3ccc(F)c(F)c3)c3c2CCC3)c1C. The molecule has 0 spiro atoms. The van der Waals surface area contributed by atoms with Crippen LogP contribution < -0.4 is 10.0 Å². The molecule has 0 unspecified atom stereocenters. The van der Waals surface area contributed by atoms with Crippen molar-refractivity contribution >= 4 is 27.3 Å². The van der Waals surface area contributed by atoms with Crippen molar-refractivity contribution in [3.05, 3.63) is 70.5 Å². The average Bonchev–Trinajstić information content (AvgIpc) is 3.35. The van der Waals surface area contributed by atoms with Gasteiger partial charge < -0.3 is 5.32 Å². The van der Waals surface area contributed by atoms with Crippen LogP contribution in [0.1, 0.15) is 47.1 Å². The van der Waals surface area contributed by atoms with Crippen molar-refractivity contribution in [2.45, 2.75) is 39.5 Å². The minimum atomic E-state index is -3.48. The van der Waals surface area contributed by atoms with Crippen molar-refractivity contribution in [3.8, 4) is 5.69 Å². The molecule has 0 aliphatic heterocycles. The summed E-state index contributed by atoms with van der Waals surface area (Å²) in [6.45, 7) is 3.49. The highest BCUT2D eigenvalue weighted by Crippen LogP contribution is 2.30. The van der Waals surface area contributed by atoms with Crippen molar-refractivity contribution in [1.29, 1.82) is 0 Å². The Kier molecular flexibility index (Phi) is 6.20. The van der Waals surface area contributed by atoms with Gasteiger partial charge in [0, 0.05) is 23.0 Å². The van der Waals surface area contributed by atoms with Crippen molar-refractivity contribution in [2.75, 3.05) is 15.8 Å². The van der Waals surface area contributed by atoms with Gasteiger partial charge in [-0.25, -0.2) is 21.9 Å². The first-order chi connectivity index (χ1) is 15.7. The van der Waals surface area contributed by atoms with Gasteiger partial charge in [0.05, 0.1) is 17.1 Å². The zero-order chi connectivity index (χ0) is 23.8. The van der Waals surface area contributed by atoms with E-state index in [9.17, 15) is 22.0 Å². The van der Waals surface area contributed by atoms with Gasteiger partial charge in [-0.1, -0.05) is 13.0 Å². The normalized spacial score (nSPS) is 13.1. The Morgan fingerprint density at radius 3 is 2.61 bits per heavy atom. The van der Waals surface area contributed by atoms with Gasteiger partial charge in [0.1, 0.15) is 0 Å². The molecule has 0 bridgehead atoms. The molecule has 1 heterocycles. The Hall–Kier alpha value is -3.27. The standard InChI is InChI=1S/C23H24F2N4O3S/c1-3-12-33(31,32)28-20-8-5-7-19(14(20)2)26-23(30)22-16-6-4-9-21(16)29(27-22)15-10-11-17(24)18(25)13-15/h5,7-8,10-11,13,28H,3-4,6,9,12H2,1-2H3,(H,26,30). The van der Waals surface area contributed by atoms with Gasteiger partial charge >= 0.3 is 0 Å². The number of hydrogen-bond donors (Lipinski definition) is 2. The molecule has 1 aliphatic carbocycles. The summed E-state index contributed by atoms with van der Waals surface area (Å²) in [6, 6.07) is 8.46. The quantitative estimate of drug-likeness (QED) is 0.532. The van der Waals surface area contributed by atoms with Gasteiger partial charge in [0.2, 0.25) is 10.0 Å². The molecule has 1 aliphatic rings. The predicted molar refractivity (Wildman–Crippen MR) is 122 cm³/mol. The topological polar surface area (TPSA) is 93.1 Å². The average molecular weight is 475 g/mol. The number of nitrogens with zero attached hydrogens (tertiary/aromatic N) is 2. The molecule has 1 amide bonds. The maximum atomic E-state index is 13.8. The van der Waals surface area contributed by atoms with Gasteiger partial charge in [-0.05, 0) is 62.4 Å². The van der Waals surface area contributed by atoms with Gasteiger partial charge in [0.25, 0.3) is 5.91 Å².